The number of rotatable bonds is 5. The maximum Gasteiger partial charge on any atom is 0.343 e. The lowest BCUT2D eigenvalue weighted by atomic mass is 9.84. The van der Waals surface area contributed by atoms with Gasteiger partial charge in [0, 0.05) is 17.5 Å². The highest BCUT2D eigenvalue weighted by atomic mass is 16.5. The van der Waals surface area contributed by atoms with Crippen molar-refractivity contribution in [2.45, 2.75) is 39.5 Å². The maximum absolute atomic E-state index is 12.8. The molecule has 3 aromatic carbocycles. The second kappa shape index (κ2) is 8.44. The van der Waals surface area contributed by atoms with Crippen LogP contribution in [0, 0.1) is 6.92 Å². The van der Waals surface area contributed by atoms with Crippen molar-refractivity contribution in [2.75, 3.05) is 0 Å². The molecule has 0 aromatic heterocycles. The summed E-state index contributed by atoms with van der Waals surface area (Å²) in [6, 6.07) is 22.0. The van der Waals surface area contributed by atoms with Crippen LogP contribution in [0.3, 0.4) is 0 Å². The lowest BCUT2D eigenvalue weighted by Gasteiger charge is -2.23. The van der Waals surface area contributed by atoms with E-state index in [9.17, 15) is 9.59 Å². The summed E-state index contributed by atoms with van der Waals surface area (Å²) in [5.41, 5.74) is 3.76. The summed E-state index contributed by atoms with van der Waals surface area (Å²) in [5.74, 6) is 0.0201. The van der Waals surface area contributed by atoms with Crippen molar-refractivity contribution in [3.63, 3.8) is 0 Å². The molecule has 0 aliphatic carbocycles. The van der Waals surface area contributed by atoms with Crippen LogP contribution in [0.1, 0.15) is 58.2 Å². The van der Waals surface area contributed by atoms with Crippen molar-refractivity contribution >= 4 is 11.8 Å². The Hall–Kier alpha value is -3.20. The number of hydrogen-bond acceptors (Lipinski definition) is 3. The van der Waals surface area contributed by atoms with Gasteiger partial charge in [0.1, 0.15) is 5.75 Å². The van der Waals surface area contributed by atoms with Crippen LogP contribution >= 0.6 is 0 Å². The lowest BCUT2D eigenvalue weighted by molar-refractivity contribution is 0.0731. The van der Waals surface area contributed by atoms with Crippen molar-refractivity contribution in [3.05, 3.63) is 101 Å². The Morgan fingerprint density at radius 1 is 0.828 bits per heavy atom. The van der Waals surface area contributed by atoms with E-state index < -0.39 is 5.97 Å². The van der Waals surface area contributed by atoms with Crippen molar-refractivity contribution < 1.29 is 14.3 Å². The van der Waals surface area contributed by atoms with Gasteiger partial charge in [0.25, 0.3) is 0 Å². The molecule has 0 heterocycles. The van der Waals surface area contributed by atoms with E-state index in [1.165, 1.54) is 0 Å². The largest absolute Gasteiger partial charge is 0.423 e. The number of carbonyl (C=O) groups excluding carboxylic acids is 2. The number of benzene rings is 3. The van der Waals surface area contributed by atoms with Gasteiger partial charge in [-0.15, -0.1) is 0 Å². The zero-order valence-electron chi connectivity index (χ0n) is 17.4. The third kappa shape index (κ3) is 5.00. The molecular weight excluding hydrogens is 360 g/mol. The molecule has 3 heteroatoms. The first-order chi connectivity index (χ1) is 13.8. The number of Topliss-reactive ketones (excluding diaryl/α,β-unsaturated/α-hetero) is 1. The normalized spacial score (nSPS) is 11.2. The standard InChI is InChI=1S/C26H26O3/c1-18-15-21(26(2,3)4)16-24(29-25(28)20-13-9-6-10-14-20)22(18)17-23(27)19-11-7-5-8-12-19/h5-16H,17H2,1-4H3. The minimum atomic E-state index is -0.426. The van der Waals surface area contributed by atoms with Gasteiger partial charge in [-0.1, -0.05) is 75.4 Å². The number of aryl methyl sites for hydroxylation is 1. The fourth-order valence-electron chi connectivity index (χ4n) is 3.16. The summed E-state index contributed by atoms with van der Waals surface area (Å²) >= 11 is 0. The molecule has 0 aliphatic rings. The maximum atomic E-state index is 12.8. The highest BCUT2D eigenvalue weighted by Gasteiger charge is 2.22. The molecule has 0 saturated carbocycles. The first kappa shape index (κ1) is 20.5. The molecule has 0 N–H and O–H groups in total. The third-order valence-corrected chi connectivity index (χ3v) is 4.94. The first-order valence-electron chi connectivity index (χ1n) is 9.75. The topological polar surface area (TPSA) is 43.4 Å². The number of esters is 1. The van der Waals surface area contributed by atoms with Gasteiger partial charge >= 0.3 is 5.97 Å². The summed E-state index contributed by atoms with van der Waals surface area (Å²) in [4.78, 5) is 25.5. The average Bonchev–Trinajstić information content (AvgIpc) is 2.70. The number of carbonyl (C=O) groups is 2. The van der Waals surface area contributed by atoms with Crippen LogP contribution in [-0.4, -0.2) is 11.8 Å². The Bertz CT molecular complexity index is 1010. The molecule has 3 rings (SSSR count). The molecule has 0 radical (unpaired) electrons. The van der Waals surface area contributed by atoms with E-state index >= 15 is 0 Å². The van der Waals surface area contributed by atoms with E-state index in [0.29, 0.717) is 16.9 Å². The smallest absolute Gasteiger partial charge is 0.343 e. The molecule has 0 amide bonds. The molecule has 0 atom stereocenters. The van der Waals surface area contributed by atoms with Gasteiger partial charge in [-0.2, -0.15) is 0 Å². The quantitative estimate of drug-likeness (QED) is 0.310. The Kier molecular flexibility index (Phi) is 5.97. The van der Waals surface area contributed by atoms with Crippen LogP contribution in [-0.2, 0) is 11.8 Å². The lowest BCUT2D eigenvalue weighted by Crippen LogP contribution is -2.16. The van der Waals surface area contributed by atoms with Crippen LogP contribution < -0.4 is 4.74 Å². The highest BCUT2D eigenvalue weighted by Crippen LogP contribution is 2.32. The van der Waals surface area contributed by atoms with Crippen molar-refractivity contribution in [3.8, 4) is 5.75 Å². The van der Waals surface area contributed by atoms with E-state index in [2.05, 4.69) is 26.8 Å². The zero-order chi connectivity index (χ0) is 21.0. The molecule has 0 bridgehead atoms. The van der Waals surface area contributed by atoms with Crippen LogP contribution in [0.5, 0.6) is 5.75 Å². The number of hydrogen-bond donors (Lipinski definition) is 0. The van der Waals surface area contributed by atoms with Crippen molar-refractivity contribution in [2.24, 2.45) is 0 Å². The molecule has 0 saturated heterocycles. The molecule has 148 valence electrons. The molecule has 0 unspecified atom stereocenters. The molecule has 29 heavy (non-hydrogen) atoms. The van der Waals surface area contributed by atoms with Gasteiger partial charge in [-0.25, -0.2) is 4.79 Å². The van der Waals surface area contributed by atoms with Crippen molar-refractivity contribution in [1.82, 2.24) is 0 Å². The van der Waals surface area contributed by atoms with Gasteiger partial charge in [-0.05, 0) is 41.7 Å². The average molecular weight is 386 g/mol. The summed E-state index contributed by atoms with van der Waals surface area (Å²) in [6.07, 6.45) is 0.178. The fourth-order valence-corrected chi connectivity index (χ4v) is 3.16. The molecule has 0 fully saturated rings. The van der Waals surface area contributed by atoms with Gasteiger partial charge in [-0.3, -0.25) is 4.79 Å². The van der Waals surface area contributed by atoms with Crippen LogP contribution in [0.2, 0.25) is 0 Å². The minimum Gasteiger partial charge on any atom is -0.423 e. The molecule has 0 aliphatic heterocycles. The molecule has 3 nitrogen and oxygen atoms in total. The monoisotopic (exact) mass is 386 g/mol. The predicted octanol–water partition coefficient (Wildman–Crippen LogP) is 5.94. The Morgan fingerprint density at radius 3 is 1.93 bits per heavy atom. The Morgan fingerprint density at radius 2 is 1.38 bits per heavy atom. The number of ether oxygens (including phenoxy) is 1. The summed E-state index contributed by atoms with van der Waals surface area (Å²) in [6.45, 7) is 8.29. The molecule has 0 spiro atoms. The Labute approximate surface area is 172 Å². The van der Waals surface area contributed by atoms with Crippen LogP contribution in [0.25, 0.3) is 0 Å². The second-order valence-corrected chi connectivity index (χ2v) is 8.24. The SMILES string of the molecule is Cc1cc(C(C)(C)C)cc(OC(=O)c2ccccc2)c1CC(=O)c1ccccc1. The molecular formula is C26H26O3. The summed E-state index contributed by atoms with van der Waals surface area (Å²) < 4.78 is 5.79. The van der Waals surface area contributed by atoms with E-state index in [1.54, 1.807) is 36.4 Å². The minimum absolute atomic E-state index is 0.00535. The third-order valence-electron chi connectivity index (χ3n) is 4.94. The summed E-state index contributed by atoms with van der Waals surface area (Å²) in [7, 11) is 0. The van der Waals surface area contributed by atoms with Crippen molar-refractivity contribution in [1.29, 1.82) is 0 Å². The van der Waals surface area contributed by atoms with Gasteiger partial charge in [0.15, 0.2) is 5.78 Å². The van der Waals surface area contributed by atoms with Crippen LogP contribution in [0.4, 0.5) is 0 Å². The summed E-state index contributed by atoms with van der Waals surface area (Å²) in [5, 5.41) is 0. The van der Waals surface area contributed by atoms with Crippen LogP contribution in [0.15, 0.2) is 72.8 Å². The van der Waals surface area contributed by atoms with E-state index in [0.717, 1.165) is 16.7 Å². The predicted molar refractivity (Wildman–Crippen MR) is 116 cm³/mol. The van der Waals surface area contributed by atoms with E-state index in [1.807, 2.05) is 37.3 Å². The van der Waals surface area contributed by atoms with Gasteiger partial charge < -0.3 is 4.74 Å². The van der Waals surface area contributed by atoms with E-state index in [-0.39, 0.29) is 17.6 Å². The second-order valence-electron chi connectivity index (χ2n) is 8.24. The fraction of sp³-hybridized carbons (Fsp3) is 0.231. The van der Waals surface area contributed by atoms with Gasteiger partial charge in [0.05, 0.1) is 5.56 Å². The first-order valence-corrected chi connectivity index (χ1v) is 9.75. The Balaban J connectivity index is 2.00. The number of ketones is 1. The van der Waals surface area contributed by atoms with E-state index in [4.69, 9.17) is 4.74 Å². The molecule has 3 aromatic rings. The zero-order valence-corrected chi connectivity index (χ0v) is 17.4. The highest BCUT2D eigenvalue weighted by molar-refractivity contribution is 5.98. The van der Waals surface area contributed by atoms with Gasteiger partial charge in [0.2, 0.25) is 0 Å².